The molecule has 23 heavy (non-hydrogen) atoms. The van der Waals surface area contributed by atoms with Crippen LogP contribution in [0, 0.1) is 0 Å². The number of halogens is 1. The molecule has 1 aliphatic rings. The number of hydrogen-bond acceptors (Lipinski definition) is 3. The number of nitrogens with one attached hydrogen (secondary N) is 1. The van der Waals surface area contributed by atoms with Crippen LogP contribution in [0.4, 0.5) is 0 Å². The fraction of sp³-hybridized carbons (Fsp3) is 0.353. The first kappa shape index (κ1) is 15.7. The summed E-state index contributed by atoms with van der Waals surface area (Å²) < 4.78 is 1.24. The standard InChI is InChI=1S/C17H18ClN3O2/c18-14-5-1-12(2-6-14)9-10-19-16(22)11-21-17(23)8-7-15(20-21)13-3-4-13/h1-2,5-8,13H,3-4,9-11H2,(H,19,22). The minimum Gasteiger partial charge on any atom is -0.354 e. The Bertz CT molecular complexity index is 751. The van der Waals surface area contributed by atoms with E-state index in [2.05, 4.69) is 10.4 Å². The summed E-state index contributed by atoms with van der Waals surface area (Å²) in [5.41, 5.74) is 1.75. The Hall–Kier alpha value is -2.14. The summed E-state index contributed by atoms with van der Waals surface area (Å²) in [6.07, 6.45) is 2.93. The molecule has 0 aliphatic heterocycles. The van der Waals surface area contributed by atoms with Gasteiger partial charge in [-0.2, -0.15) is 5.10 Å². The molecule has 120 valence electrons. The van der Waals surface area contributed by atoms with Crippen LogP contribution < -0.4 is 10.9 Å². The van der Waals surface area contributed by atoms with Gasteiger partial charge < -0.3 is 5.32 Å². The van der Waals surface area contributed by atoms with Gasteiger partial charge in [0, 0.05) is 23.6 Å². The molecule has 1 N–H and O–H groups in total. The molecule has 0 bridgehead atoms. The van der Waals surface area contributed by atoms with Gasteiger partial charge in [0.2, 0.25) is 5.91 Å². The van der Waals surface area contributed by atoms with Crippen LogP contribution >= 0.6 is 11.6 Å². The van der Waals surface area contributed by atoms with Gasteiger partial charge in [0.25, 0.3) is 5.56 Å². The van der Waals surface area contributed by atoms with Gasteiger partial charge in [0.15, 0.2) is 0 Å². The highest BCUT2D eigenvalue weighted by atomic mass is 35.5. The fourth-order valence-corrected chi connectivity index (χ4v) is 2.49. The van der Waals surface area contributed by atoms with Crippen molar-refractivity contribution in [3.63, 3.8) is 0 Å². The number of aromatic nitrogens is 2. The maximum atomic E-state index is 12.0. The third-order valence-corrected chi connectivity index (χ3v) is 4.08. The Morgan fingerprint density at radius 1 is 1.22 bits per heavy atom. The fourth-order valence-electron chi connectivity index (χ4n) is 2.36. The molecule has 1 aromatic carbocycles. The number of rotatable bonds is 6. The molecule has 1 fully saturated rings. The highest BCUT2D eigenvalue weighted by Crippen LogP contribution is 2.38. The molecule has 5 nitrogen and oxygen atoms in total. The highest BCUT2D eigenvalue weighted by Gasteiger charge is 2.25. The molecule has 1 saturated carbocycles. The van der Waals surface area contributed by atoms with Crippen LogP contribution in [-0.4, -0.2) is 22.2 Å². The highest BCUT2D eigenvalue weighted by molar-refractivity contribution is 6.30. The second-order valence-corrected chi connectivity index (χ2v) is 6.19. The van der Waals surface area contributed by atoms with Crippen LogP contribution in [-0.2, 0) is 17.8 Å². The minimum absolute atomic E-state index is 0.0417. The van der Waals surface area contributed by atoms with E-state index in [0.717, 1.165) is 24.1 Å². The van der Waals surface area contributed by atoms with E-state index in [4.69, 9.17) is 11.6 Å². The molecule has 0 spiro atoms. The van der Waals surface area contributed by atoms with E-state index in [9.17, 15) is 9.59 Å². The van der Waals surface area contributed by atoms with E-state index in [-0.39, 0.29) is 18.0 Å². The summed E-state index contributed by atoms with van der Waals surface area (Å²) in [5, 5.41) is 7.79. The van der Waals surface area contributed by atoms with Gasteiger partial charge in [0.05, 0.1) is 5.69 Å². The molecule has 1 amide bonds. The molecule has 0 unspecified atom stereocenters. The Labute approximate surface area is 139 Å². The van der Waals surface area contributed by atoms with Crippen LogP contribution in [0.1, 0.15) is 30.0 Å². The number of carbonyl (C=O) groups excluding carboxylic acids is 1. The number of nitrogens with zero attached hydrogens (tertiary/aromatic N) is 2. The lowest BCUT2D eigenvalue weighted by Gasteiger charge is -2.08. The Morgan fingerprint density at radius 3 is 2.65 bits per heavy atom. The van der Waals surface area contributed by atoms with Crippen LogP contribution in [0.15, 0.2) is 41.2 Å². The third-order valence-electron chi connectivity index (χ3n) is 3.83. The molecule has 0 saturated heterocycles. The van der Waals surface area contributed by atoms with Gasteiger partial charge in [-0.15, -0.1) is 0 Å². The maximum absolute atomic E-state index is 12.0. The lowest BCUT2D eigenvalue weighted by molar-refractivity contribution is -0.121. The first-order valence-corrected chi connectivity index (χ1v) is 8.09. The predicted octanol–water partition coefficient (Wildman–Crippen LogP) is 2.13. The molecule has 0 atom stereocenters. The van der Waals surface area contributed by atoms with E-state index in [1.54, 1.807) is 6.07 Å². The zero-order valence-corrected chi connectivity index (χ0v) is 13.4. The van der Waals surface area contributed by atoms with E-state index < -0.39 is 0 Å². The number of hydrogen-bond donors (Lipinski definition) is 1. The average molecular weight is 332 g/mol. The Morgan fingerprint density at radius 2 is 1.96 bits per heavy atom. The van der Waals surface area contributed by atoms with Gasteiger partial charge in [-0.25, -0.2) is 4.68 Å². The van der Waals surface area contributed by atoms with Crippen molar-refractivity contribution in [3.05, 3.63) is 63.0 Å². The molecular weight excluding hydrogens is 314 g/mol. The number of carbonyl (C=O) groups is 1. The van der Waals surface area contributed by atoms with Crippen molar-refractivity contribution in [2.24, 2.45) is 0 Å². The van der Waals surface area contributed by atoms with Crippen molar-refractivity contribution >= 4 is 17.5 Å². The summed E-state index contributed by atoms with van der Waals surface area (Å²) in [5.74, 6) is 0.247. The summed E-state index contributed by atoms with van der Waals surface area (Å²) in [7, 11) is 0. The SMILES string of the molecule is O=C(Cn1nc(C2CC2)ccc1=O)NCCc1ccc(Cl)cc1. The van der Waals surface area contributed by atoms with Crippen molar-refractivity contribution in [3.8, 4) is 0 Å². The molecule has 6 heteroatoms. The van der Waals surface area contributed by atoms with Gasteiger partial charge in [0.1, 0.15) is 6.54 Å². The first-order valence-electron chi connectivity index (χ1n) is 7.71. The second kappa shape index (κ2) is 6.96. The zero-order chi connectivity index (χ0) is 16.2. The third kappa shape index (κ3) is 4.42. The first-order chi connectivity index (χ1) is 11.1. The molecule has 2 aromatic rings. The molecule has 1 aliphatic carbocycles. The normalized spacial score (nSPS) is 13.8. The van der Waals surface area contributed by atoms with Gasteiger partial charge >= 0.3 is 0 Å². The largest absolute Gasteiger partial charge is 0.354 e. The monoisotopic (exact) mass is 331 g/mol. The summed E-state index contributed by atoms with van der Waals surface area (Å²) >= 11 is 5.83. The zero-order valence-electron chi connectivity index (χ0n) is 12.7. The van der Waals surface area contributed by atoms with Crippen LogP contribution in [0.3, 0.4) is 0 Å². The summed E-state index contributed by atoms with van der Waals surface area (Å²) in [6, 6.07) is 10.8. The van der Waals surface area contributed by atoms with Crippen molar-refractivity contribution in [1.82, 2.24) is 15.1 Å². The van der Waals surface area contributed by atoms with Gasteiger partial charge in [-0.05, 0) is 43.0 Å². The molecule has 0 radical (unpaired) electrons. The lowest BCUT2D eigenvalue weighted by Crippen LogP contribution is -2.34. The van der Waals surface area contributed by atoms with Gasteiger partial charge in [-0.1, -0.05) is 23.7 Å². The van der Waals surface area contributed by atoms with Crippen molar-refractivity contribution < 1.29 is 4.79 Å². The molecule has 3 rings (SSSR count). The van der Waals surface area contributed by atoms with Crippen molar-refractivity contribution in [2.45, 2.75) is 31.7 Å². The number of amides is 1. The molecule has 1 heterocycles. The van der Waals surface area contributed by atoms with E-state index in [0.29, 0.717) is 23.9 Å². The van der Waals surface area contributed by atoms with Crippen molar-refractivity contribution in [1.29, 1.82) is 0 Å². The van der Waals surface area contributed by atoms with Crippen molar-refractivity contribution in [2.75, 3.05) is 6.54 Å². The maximum Gasteiger partial charge on any atom is 0.267 e. The smallest absolute Gasteiger partial charge is 0.267 e. The summed E-state index contributed by atoms with van der Waals surface area (Å²) in [6.45, 7) is 0.470. The Balaban J connectivity index is 1.52. The second-order valence-electron chi connectivity index (χ2n) is 5.75. The quantitative estimate of drug-likeness (QED) is 0.882. The average Bonchev–Trinajstić information content (AvgIpc) is 3.36. The topological polar surface area (TPSA) is 64.0 Å². The minimum atomic E-state index is -0.248. The lowest BCUT2D eigenvalue weighted by atomic mass is 10.1. The van der Waals surface area contributed by atoms with E-state index in [1.165, 1.54) is 10.7 Å². The molecule has 1 aromatic heterocycles. The van der Waals surface area contributed by atoms with Crippen LogP contribution in [0.5, 0.6) is 0 Å². The predicted molar refractivity (Wildman–Crippen MR) is 88.6 cm³/mol. The van der Waals surface area contributed by atoms with E-state index in [1.807, 2.05) is 24.3 Å². The van der Waals surface area contributed by atoms with Gasteiger partial charge in [-0.3, -0.25) is 9.59 Å². The summed E-state index contributed by atoms with van der Waals surface area (Å²) in [4.78, 5) is 23.8. The number of benzene rings is 1. The van der Waals surface area contributed by atoms with Crippen LogP contribution in [0.2, 0.25) is 5.02 Å². The molecular formula is C17H18ClN3O2. The van der Waals surface area contributed by atoms with Crippen LogP contribution in [0.25, 0.3) is 0 Å². The van der Waals surface area contributed by atoms with E-state index >= 15 is 0 Å². The Kier molecular flexibility index (Phi) is 4.76.